The average molecular weight is 416 g/mol. The van der Waals surface area contributed by atoms with Crippen LogP contribution in [0.25, 0.3) is 22.3 Å². The molecule has 1 aromatic heterocycles. The molecule has 0 radical (unpaired) electrons. The Balaban J connectivity index is 1.62. The highest BCUT2D eigenvalue weighted by molar-refractivity contribution is 6.02. The van der Waals surface area contributed by atoms with Gasteiger partial charge in [0.2, 0.25) is 5.91 Å². The number of hydrogen-bond acceptors (Lipinski definition) is 2. The molecule has 0 bridgehead atoms. The average Bonchev–Trinajstić information content (AvgIpc) is 3.29. The van der Waals surface area contributed by atoms with Crippen molar-refractivity contribution in [1.29, 1.82) is 0 Å². The third kappa shape index (κ3) is 4.13. The number of carbonyl (C=O) groups excluding carboxylic acids is 2. The summed E-state index contributed by atoms with van der Waals surface area (Å²) in [5, 5.41) is 0. The molecule has 5 heteroatoms. The number of nitrogens with two attached hydrogens (primary N) is 1. The largest absolute Gasteiger partial charge is 0.366 e. The van der Waals surface area contributed by atoms with Crippen molar-refractivity contribution >= 4 is 11.8 Å². The second kappa shape index (κ2) is 8.80. The van der Waals surface area contributed by atoms with Crippen molar-refractivity contribution in [2.24, 2.45) is 5.73 Å². The minimum atomic E-state index is -0.406. The van der Waals surface area contributed by atoms with Gasteiger partial charge in [-0.05, 0) is 43.4 Å². The molecule has 0 aliphatic carbocycles. The molecule has 31 heavy (non-hydrogen) atoms. The molecule has 2 N–H and O–H groups in total. The summed E-state index contributed by atoms with van der Waals surface area (Å²) in [4.78, 5) is 26.2. The molecule has 2 amide bonds. The minimum absolute atomic E-state index is 0.248. The Hall–Kier alpha value is -3.34. The van der Waals surface area contributed by atoms with Crippen LogP contribution in [0.5, 0.6) is 0 Å². The van der Waals surface area contributed by atoms with E-state index in [0.29, 0.717) is 12.0 Å². The van der Waals surface area contributed by atoms with Crippen molar-refractivity contribution in [2.75, 3.05) is 13.1 Å². The number of likely N-dealkylation sites (tertiary alicyclic amines) is 1. The van der Waals surface area contributed by atoms with Crippen molar-refractivity contribution in [3.05, 3.63) is 71.5 Å². The smallest absolute Gasteiger partial charge is 0.251 e. The van der Waals surface area contributed by atoms with Crippen LogP contribution in [0.3, 0.4) is 0 Å². The van der Waals surface area contributed by atoms with Gasteiger partial charge in [0.25, 0.3) is 5.91 Å². The molecular weight excluding hydrogens is 386 g/mol. The minimum Gasteiger partial charge on any atom is -0.366 e. The molecule has 1 saturated heterocycles. The summed E-state index contributed by atoms with van der Waals surface area (Å²) in [6.07, 6.45) is 2.47. The van der Waals surface area contributed by atoms with Gasteiger partial charge in [0.15, 0.2) is 0 Å². The third-order valence-corrected chi connectivity index (χ3v) is 6.29. The lowest BCUT2D eigenvalue weighted by molar-refractivity contribution is -0.127. The van der Waals surface area contributed by atoms with Gasteiger partial charge in [-0.3, -0.25) is 9.59 Å². The van der Waals surface area contributed by atoms with Crippen LogP contribution in [0.1, 0.15) is 41.0 Å². The lowest BCUT2D eigenvalue weighted by Crippen LogP contribution is -2.26. The Kier molecular flexibility index (Phi) is 5.94. The predicted molar refractivity (Wildman–Crippen MR) is 124 cm³/mol. The third-order valence-electron chi connectivity index (χ3n) is 6.29. The number of rotatable bonds is 7. The van der Waals surface area contributed by atoms with Crippen LogP contribution in [0, 0.1) is 13.8 Å². The molecule has 4 rings (SSSR count). The first-order valence-electron chi connectivity index (χ1n) is 10.9. The molecule has 0 unspecified atom stereocenters. The summed E-state index contributed by atoms with van der Waals surface area (Å²) in [7, 11) is 0. The SMILES string of the molecule is Cc1c(C(N)=O)c(-c2ccc(-c3ccccc3)cc2)c(C)n1CCCN1CCCC1=O. The van der Waals surface area contributed by atoms with Crippen molar-refractivity contribution < 1.29 is 9.59 Å². The number of benzene rings is 2. The standard InChI is InChI=1S/C26H29N3O2/c1-18-24(22-13-11-21(12-14-22)20-8-4-3-5-9-20)25(26(27)31)19(2)29(18)17-7-16-28-15-6-10-23(28)30/h3-5,8-9,11-14H,6-7,10,15-17H2,1-2H3,(H2,27,31). The maximum Gasteiger partial charge on any atom is 0.251 e. The summed E-state index contributed by atoms with van der Waals surface area (Å²) < 4.78 is 2.17. The van der Waals surface area contributed by atoms with Crippen molar-refractivity contribution in [1.82, 2.24) is 9.47 Å². The molecule has 0 atom stereocenters. The van der Waals surface area contributed by atoms with Gasteiger partial charge in [-0.15, -0.1) is 0 Å². The Morgan fingerprint density at radius 1 is 0.903 bits per heavy atom. The van der Waals surface area contributed by atoms with Crippen LogP contribution >= 0.6 is 0 Å². The summed E-state index contributed by atoms with van der Waals surface area (Å²) in [5.74, 6) is -0.158. The predicted octanol–water partition coefficient (Wildman–Crippen LogP) is 4.55. The number of carbonyl (C=O) groups is 2. The van der Waals surface area contributed by atoms with E-state index in [1.807, 2.05) is 36.9 Å². The lowest BCUT2D eigenvalue weighted by atomic mass is 9.97. The molecule has 2 heterocycles. The summed E-state index contributed by atoms with van der Waals surface area (Å²) in [5.41, 5.74) is 12.5. The molecule has 160 valence electrons. The van der Waals surface area contributed by atoms with Gasteiger partial charge >= 0.3 is 0 Å². The molecule has 1 aliphatic rings. The maximum absolute atomic E-state index is 12.4. The number of nitrogens with zero attached hydrogens (tertiary/aromatic N) is 2. The second-order valence-corrected chi connectivity index (χ2v) is 8.22. The van der Waals surface area contributed by atoms with Crippen LogP contribution in [0.4, 0.5) is 0 Å². The Bertz CT molecular complexity index is 1100. The van der Waals surface area contributed by atoms with Crippen LogP contribution in [0.2, 0.25) is 0 Å². The van der Waals surface area contributed by atoms with Gasteiger partial charge < -0.3 is 15.2 Å². The van der Waals surface area contributed by atoms with Gasteiger partial charge in [0.1, 0.15) is 0 Å². The zero-order valence-corrected chi connectivity index (χ0v) is 18.2. The van der Waals surface area contributed by atoms with E-state index in [9.17, 15) is 9.59 Å². The number of aromatic nitrogens is 1. The van der Waals surface area contributed by atoms with Gasteiger partial charge in [-0.2, -0.15) is 0 Å². The second-order valence-electron chi connectivity index (χ2n) is 8.22. The van der Waals surface area contributed by atoms with Gasteiger partial charge in [0, 0.05) is 43.0 Å². The van der Waals surface area contributed by atoms with E-state index >= 15 is 0 Å². The first-order chi connectivity index (χ1) is 15.0. The van der Waals surface area contributed by atoms with Crippen LogP contribution < -0.4 is 5.73 Å². The summed E-state index contributed by atoms with van der Waals surface area (Å²) in [6, 6.07) is 18.5. The quantitative estimate of drug-likeness (QED) is 0.615. The molecular formula is C26H29N3O2. The number of primary amides is 1. The highest BCUT2D eigenvalue weighted by Crippen LogP contribution is 2.34. The Morgan fingerprint density at radius 2 is 1.55 bits per heavy atom. The first kappa shape index (κ1) is 20.9. The van der Waals surface area contributed by atoms with E-state index < -0.39 is 5.91 Å². The van der Waals surface area contributed by atoms with Crippen LogP contribution in [0.15, 0.2) is 54.6 Å². The molecule has 0 spiro atoms. The van der Waals surface area contributed by atoms with Crippen molar-refractivity contribution in [3.8, 4) is 22.3 Å². The number of amides is 2. The fourth-order valence-electron chi connectivity index (χ4n) is 4.69. The molecule has 5 nitrogen and oxygen atoms in total. The van der Waals surface area contributed by atoms with E-state index in [4.69, 9.17) is 5.73 Å². The topological polar surface area (TPSA) is 68.3 Å². The summed E-state index contributed by atoms with van der Waals surface area (Å²) in [6.45, 7) is 6.36. The van der Waals surface area contributed by atoms with Crippen LogP contribution in [-0.2, 0) is 11.3 Å². The monoisotopic (exact) mass is 415 g/mol. The summed E-state index contributed by atoms with van der Waals surface area (Å²) >= 11 is 0. The zero-order valence-electron chi connectivity index (χ0n) is 18.2. The molecule has 2 aromatic carbocycles. The molecule has 1 aliphatic heterocycles. The van der Waals surface area contributed by atoms with E-state index in [2.05, 4.69) is 41.0 Å². The number of hydrogen-bond donors (Lipinski definition) is 1. The Labute approximate surface area is 183 Å². The van der Waals surface area contributed by atoms with E-state index in [1.165, 1.54) is 0 Å². The highest BCUT2D eigenvalue weighted by Gasteiger charge is 2.23. The van der Waals surface area contributed by atoms with Gasteiger partial charge in [-0.1, -0.05) is 54.6 Å². The van der Waals surface area contributed by atoms with Crippen LogP contribution in [-0.4, -0.2) is 34.4 Å². The Morgan fingerprint density at radius 3 is 2.16 bits per heavy atom. The zero-order chi connectivity index (χ0) is 22.0. The molecule has 3 aromatic rings. The molecule has 1 fully saturated rings. The van der Waals surface area contributed by atoms with E-state index in [-0.39, 0.29) is 5.91 Å². The molecule has 0 saturated carbocycles. The van der Waals surface area contributed by atoms with Gasteiger partial charge in [-0.25, -0.2) is 0 Å². The maximum atomic E-state index is 12.4. The first-order valence-corrected chi connectivity index (χ1v) is 10.9. The fraction of sp³-hybridized carbons (Fsp3) is 0.308. The normalized spacial score (nSPS) is 13.7. The van der Waals surface area contributed by atoms with Crippen molar-refractivity contribution in [3.63, 3.8) is 0 Å². The van der Waals surface area contributed by atoms with E-state index in [1.54, 1.807) is 0 Å². The lowest BCUT2D eigenvalue weighted by Gasteiger charge is -2.16. The van der Waals surface area contributed by atoms with Crippen molar-refractivity contribution in [2.45, 2.75) is 39.7 Å². The highest BCUT2D eigenvalue weighted by atomic mass is 16.2. The fourth-order valence-corrected chi connectivity index (χ4v) is 4.69. The van der Waals surface area contributed by atoms with E-state index in [0.717, 1.165) is 66.1 Å². The van der Waals surface area contributed by atoms with Gasteiger partial charge in [0.05, 0.1) is 5.56 Å².